The van der Waals surface area contributed by atoms with Crippen LogP contribution in [0, 0.1) is 0 Å². The van der Waals surface area contributed by atoms with E-state index in [4.69, 9.17) is 16.3 Å². The second-order valence-corrected chi connectivity index (χ2v) is 7.14. The largest absolute Gasteiger partial charge is 0.473 e. The van der Waals surface area contributed by atoms with Crippen LogP contribution in [0.15, 0.2) is 60.9 Å². The predicted octanol–water partition coefficient (Wildman–Crippen LogP) is 3.40. The summed E-state index contributed by atoms with van der Waals surface area (Å²) in [4.78, 5) is 14.2. The minimum absolute atomic E-state index is 0.00164. The number of rotatable bonds is 5. The Hall–Kier alpha value is -3.19. The fourth-order valence-electron chi connectivity index (χ4n) is 3.11. The molecule has 4 rings (SSSR count). The van der Waals surface area contributed by atoms with Crippen LogP contribution in [-0.2, 0) is 4.79 Å². The normalized spacial score (nSPS) is 15.0. The smallest absolute Gasteiger partial charge is 0.246 e. The van der Waals surface area contributed by atoms with Crippen LogP contribution in [0.25, 0.3) is 11.9 Å². The number of amides is 1. The van der Waals surface area contributed by atoms with Crippen LogP contribution in [0.2, 0.25) is 5.02 Å². The van der Waals surface area contributed by atoms with E-state index in [0.29, 0.717) is 29.8 Å². The SMILES string of the molecule is O=C(/C=C/c1ccc(Cl)cc1)N1CCC(Oc2ccc(-n3cccn3)nn2)CC1. The average molecular weight is 410 g/mol. The van der Waals surface area contributed by atoms with Crippen molar-refractivity contribution in [1.29, 1.82) is 0 Å². The van der Waals surface area contributed by atoms with Gasteiger partial charge < -0.3 is 9.64 Å². The number of nitrogens with zero attached hydrogens (tertiary/aromatic N) is 5. The highest BCUT2D eigenvalue weighted by atomic mass is 35.5. The summed E-state index contributed by atoms with van der Waals surface area (Å²) >= 11 is 5.88. The molecule has 29 heavy (non-hydrogen) atoms. The molecule has 0 spiro atoms. The number of ether oxygens (including phenoxy) is 1. The standard InChI is InChI=1S/C21H20ClN5O2/c22-17-5-2-16(3-6-17)4-9-21(28)26-14-10-18(11-15-26)29-20-8-7-19(24-25-20)27-13-1-12-23-27/h1-9,12-13,18H,10-11,14-15H2/b9-4+. The lowest BCUT2D eigenvalue weighted by Crippen LogP contribution is -2.41. The van der Waals surface area contributed by atoms with Crippen LogP contribution < -0.4 is 4.74 Å². The Kier molecular flexibility index (Phi) is 5.86. The van der Waals surface area contributed by atoms with Gasteiger partial charge in [0, 0.05) is 55.5 Å². The quantitative estimate of drug-likeness (QED) is 0.604. The first kappa shape index (κ1) is 19.1. The van der Waals surface area contributed by atoms with Crippen molar-refractivity contribution in [1.82, 2.24) is 24.9 Å². The second kappa shape index (κ2) is 8.87. The van der Waals surface area contributed by atoms with E-state index in [1.54, 1.807) is 47.4 Å². The number of likely N-dealkylation sites (tertiary alicyclic amines) is 1. The van der Waals surface area contributed by atoms with Gasteiger partial charge in [0.1, 0.15) is 6.10 Å². The van der Waals surface area contributed by atoms with Gasteiger partial charge in [-0.2, -0.15) is 5.10 Å². The Morgan fingerprint density at radius 1 is 1.10 bits per heavy atom. The Labute approximate surface area is 173 Å². The fraction of sp³-hybridized carbons (Fsp3) is 0.238. The Balaban J connectivity index is 1.26. The molecule has 148 valence electrons. The van der Waals surface area contributed by atoms with E-state index >= 15 is 0 Å². The molecule has 7 nitrogen and oxygen atoms in total. The van der Waals surface area contributed by atoms with Crippen LogP contribution in [0.3, 0.4) is 0 Å². The van der Waals surface area contributed by atoms with Crippen molar-refractivity contribution in [2.45, 2.75) is 18.9 Å². The molecule has 0 bridgehead atoms. The van der Waals surface area contributed by atoms with Crippen molar-refractivity contribution in [3.8, 4) is 11.7 Å². The Morgan fingerprint density at radius 2 is 1.90 bits per heavy atom. The minimum atomic E-state index is 0.00164. The van der Waals surface area contributed by atoms with E-state index in [-0.39, 0.29) is 12.0 Å². The molecule has 1 fully saturated rings. The van der Waals surface area contributed by atoms with E-state index < -0.39 is 0 Å². The summed E-state index contributed by atoms with van der Waals surface area (Å²) in [5, 5.41) is 13.0. The maximum absolute atomic E-state index is 12.4. The number of piperidine rings is 1. The van der Waals surface area contributed by atoms with Gasteiger partial charge in [0.25, 0.3) is 0 Å². The third-order valence-electron chi connectivity index (χ3n) is 4.69. The van der Waals surface area contributed by atoms with Crippen molar-refractivity contribution in [3.05, 3.63) is 71.5 Å². The molecule has 1 aliphatic heterocycles. The molecular weight excluding hydrogens is 390 g/mol. The van der Waals surface area contributed by atoms with Gasteiger partial charge in [0.05, 0.1) is 0 Å². The lowest BCUT2D eigenvalue weighted by molar-refractivity contribution is -0.127. The molecule has 0 aliphatic carbocycles. The molecule has 0 saturated carbocycles. The van der Waals surface area contributed by atoms with Crippen molar-refractivity contribution >= 4 is 23.6 Å². The Bertz CT molecular complexity index is 963. The molecular formula is C21H20ClN5O2. The second-order valence-electron chi connectivity index (χ2n) is 6.71. The average Bonchev–Trinajstić information content (AvgIpc) is 3.29. The first-order valence-corrected chi connectivity index (χ1v) is 9.78. The molecule has 0 atom stereocenters. The summed E-state index contributed by atoms with van der Waals surface area (Å²) in [7, 11) is 0. The Morgan fingerprint density at radius 3 is 2.55 bits per heavy atom. The van der Waals surface area contributed by atoms with E-state index in [2.05, 4.69) is 15.3 Å². The van der Waals surface area contributed by atoms with E-state index in [0.717, 1.165) is 18.4 Å². The van der Waals surface area contributed by atoms with Gasteiger partial charge in [-0.15, -0.1) is 10.2 Å². The molecule has 0 radical (unpaired) electrons. The van der Waals surface area contributed by atoms with Gasteiger partial charge in [0.2, 0.25) is 11.8 Å². The maximum Gasteiger partial charge on any atom is 0.246 e. The summed E-state index contributed by atoms with van der Waals surface area (Å²) in [6, 6.07) is 12.8. The van der Waals surface area contributed by atoms with Crippen molar-refractivity contribution in [2.24, 2.45) is 0 Å². The van der Waals surface area contributed by atoms with Crippen molar-refractivity contribution < 1.29 is 9.53 Å². The summed E-state index contributed by atoms with van der Waals surface area (Å²) in [5.41, 5.74) is 0.943. The molecule has 0 N–H and O–H groups in total. The van der Waals surface area contributed by atoms with E-state index in [1.165, 1.54) is 0 Å². The number of hydrogen-bond donors (Lipinski definition) is 0. The molecule has 1 aromatic carbocycles. The number of carbonyl (C=O) groups excluding carboxylic acids is 1. The van der Waals surface area contributed by atoms with Gasteiger partial charge in [-0.05, 0) is 35.9 Å². The zero-order chi connectivity index (χ0) is 20.1. The first-order valence-electron chi connectivity index (χ1n) is 9.40. The van der Waals surface area contributed by atoms with Crippen LogP contribution in [0.4, 0.5) is 0 Å². The highest BCUT2D eigenvalue weighted by Crippen LogP contribution is 2.18. The molecule has 0 unspecified atom stereocenters. The summed E-state index contributed by atoms with van der Waals surface area (Å²) < 4.78 is 7.56. The van der Waals surface area contributed by atoms with Crippen molar-refractivity contribution in [2.75, 3.05) is 13.1 Å². The van der Waals surface area contributed by atoms with Gasteiger partial charge in [-0.1, -0.05) is 23.7 Å². The molecule has 8 heteroatoms. The fourth-order valence-corrected chi connectivity index (χ4v) is 3.24. The van der Waals surface area contributed by atoms with Gasteiger partial charge in [0.15, 0.2) is 5.82 Å². The van der Waals surface area contributed by atoms with E-state index in [1.807, 2.05) is 29.2 Å². The maximum atomic E-state index is 12.4. The van der Waals surface area contributed by atoms with Gasteiger partial charge in [-0.3, -0.25) is 4.79 Å². The monoisotopic (exact) mass is 409 g/mol. The number of hydrogen-bond acceptors (Lipinski definition) is 5. The van der Waals surface area contributed by atoms with Crippen LogP contribution in [0.1, 0.15) is 18.4 Å². The predicted molar refractivity (Wildman–Crippen MR) is 110 cm³/mol. The summed E-state index contributed by atoms with van der Waals surface area (Å²) in [5.74, 6) is 1.12. The van der Waals surface area contributed by atoms with Crippen molar-refractivity contribution in [3.63, 3.8) is 0 Å². The molecule has 1 saturated heterocycles. The molecule has 1 aliphatic rings. The summed E-state index contributed by atoms with van der Waals surface area (Å²) in [6.07, 6.45) is 8.42. The highest BCUT2D eigenvalue weighted by molar-refractivity contribution is 6.30. The van der Waals surface area contributed by atoms with E-state index in [9.17, 15) is 4.79 Å². The zero-order valence-electron chi connectivity index (χ0n) is 15.7. The number of carbonyl (C=O) groups is 1. The zero-order valence-corrected chi connectivity index (χ0v) is 16.4. The summed E-state index contributed by atoms with van der Waals surface area (Å²) in [6.45, 7) is 1.29. The molecule has 3 heterocycles. The topological polar surface area (TPSA) is 73.1 Å². The van der Waals surface area contributed by atoms with Gasteiger partial charge >= 0.3 is 0 Å². The van der Waals surface area contributed by atoms with Crippen LogP contribution >= 0.6 is 11.6 Å². The van der Waals surface area contributed by atoms with Crippen LogP contribution in [-0.4, -0.2) is 50.0 Å². The molecule has 1 amide bonds. The molecule has 3 aromatic rings. The number of aromatic nitrogens is 4. The third-order valence-corrected chi connectivity index (χ3v) is 4.95. The highest BCUT2D eigenvalue weighted by Gasteiger charge is 2.23. The van der Waals surface area contributed by atoms with Crippen LogP contribution in [0.5, 0.6) is 5.88 Å². The third kappa shape index (κ3) is 5.00. The number of halogens is 1. The first-order chi connectivity index (χ1) is 14.2. The lowest BCUT2D eigenvalue weighted by atomic mass is 10.1. The minimum Gasteiger partial charge on any atom is -0.473 e. The number of benzene rings is 1. The lowest BCUT2D eigenvalue weighted by Gasteiger charge is -2.31. The molecule has 2 aromatic heterocycles. The van der Waals surface area contributed by atoms with Gasteiger partial charge in [-0.25, -0.2) is 4.68 Å².